The Morgan fingerprint density at radius 2 is 2.11 bits per heavy atom. The van der Waals surface area contributed by atoms with Crippen LogP contribution >= 0.6 is 15.9 Å². The van der Waals surface area contributed by atoms with E-state index < -0.39 is 0 Å². The highest BCUT2D eigenvalue weighted by Crippen LogP contribution is 2.45. The van der Waals surface area contributed by atoms with E-state index in [2.05, 4.69) is 48.0 Å². The third-order valence-electron chi connectivity index (χ3n) is 4.54. The Hall–Kier alpha value is -0.500. The van der Waals surface area contributed by atoms with Gasteiger partial charge in [-0.3, -0.25) is 0 Å². The fraction of sp³-hybridized carbons (Fsp3) is 0.625. The van der Waals surface area contributed by atoms with Crippen LogP contribution in [0.15, 0.2) is 18.2 Å². The van der Waals surface area contributed by atoms with Gasteiger partial charge in [0.25, 0.3) is 0 Å². The molecule has 1 nitrogen and oxygen atoms in total. The van der Waals surface area contributed by atoms with Crippen molar-refractivity contribution in [2.75, 3.05) is 0 Å². The minimum absolute atomic E-state index is 0.342. The van der Waals surface area contributed by atoms with Gasteiger partial charge in [-0.05, 0) is 42.4 Å². The van der Waals surface area contributed by atoms with Crippen LogP contribution in [0.3, 0.4) is 0 Å². The lowest BCUT2D eigenvalue weighted by molar-refractivity contribution is 0.254. The minimum atomic E-state index is 0.342. The van der Waals surface area contributed by atoms with Crippen LogP contribution in [0.1, 0.15) is 49.1 Å². The number of fused-ring (bicyclic) bond motifs is 1. The summed E-state index contributed by atoms with van der Waals surface area (Å²) in [5.41, 5.74) is 2.82. The Kier molecular flexibility index (Phi) is 3.40. The topological polar surface area (TPSA) is 9.23 Å². The van der Waals surface area contributed by atoms with Gasteiger partial charge < -0.3 is 4.74 Å². The second kappa shape index (κ2) is 4.88. The average molecular weight is 309 g/mol. The molecule has 1 heterocycles. The molecule has 2 heteroatoms. The third-order valence-corrected chi connectivity index (χ3v) is 5.75. The molecule has 4 atom stereocenters. The highest BCUT2D eigenvalue weighted by molar-refractivity contribution is 9.09. The molecule has 98 valence electrons. The first kappa shape index (κ1) is 12.5. The molecule has 1 fully saturated rings. The zero-order valence-electron chi connectivity index (χ0n) is 11.2. The molecule has 0 bridgehead atoms. The highest BCUT2D eigenvalue weighted by Gasteiger charge is 2.31. The van der Waals surface area contributed by atoms with Gasteiger partial charge in [0.15, 0.2) is 0 Å². The SMILES string of the molecule is CC1Cc2cc(C(Br)C3CCCC3C)ccc2O1. The number of hydrogen-bond acceptors (Lipinski definition) is 1. The van der Waals surface area contributed by atoms with E-state index in [0.717, 1.165) is 24.0 Å². The molecule has 1 saturated carbocycles. The zero-order chi connectivity index (χ0) is 12.7. The molecule has 18 heavy (non-hydrogen) atoms. The number of alkyl halides is 1. The normalized spacial score (nSPS) is 32.1. The lowest BCUT2D eigenvalue weighted by Crippen LogP contribution is -2.10. The maximum Gasteiger partial charge on any atom is 0.123 e. The maximum atomic E-state index is 5.77. The van der Waals surface area contributed by atoms with E-state index in [1.54, 1.807) is 0 Å². The van der Waals surface area contributed by atoms with Crippen LogP contribution in [0.2, 0.25) is 0 Å². The first-order valence-electron chi connectivity index (χ1n) is 7.08. The van der Waals surface area contributed by atoms with Crippen molar-refractivity contribution in [1.82, 2.24) is 0 Å². The average Bonchev–Trinajstić information content (AvgIpc) is 2.91. The molecule has 4 unspecified atom stereocenters. The summed E-state index contributed by atoms with van der Waals surface area (Å²) < 4.78 is 5.77. The molecule has 2 aliphatic rings. The number of halogens is 1. The smallest absolute Gasteiger partial charge is 0.123 e. The molecular formula is C16H21BrO. The van der Waals surface area contributed by atoms with Crippen LogP contribution in [0, 0.1) is 11.8 Å². The van der Waals surface area contributed by atoms with Crippen molar-refractivity contribution in [3.63, 3.8) is 0 Å². The Labute approximate surface area is 118 Å². The standard InChI is InChI=1S/C16H21BrO/c1-10-4-3-5-14(10)16(17)12-6-7-15-13(9-12)8-11(2)18-15/h6-7,9-11,14,16H,3-5,8H2,1-2H3. The highest BCUT2D eigenvalue weighted by atomic mass is 79.9. The van der Waals surface area contributed by atoms with E-state index in [0.29, 0.717) is 10.9 Å². The number of ether oxygens (including phenoxy) is 1. The molecular weight excluding hydrogens is 288 g/mol. The molecule has 0 aromatic heterocycles. The Bertz CT molecular complexity index is 443. The van der Waals surface area contributed by atoms with Crippen molar-refractivity contribution in [2.45, 2.75) is 50.5 Å². The molecule has 1 aromatic rings. The van der Waals surface area contributed by atoms with Crippen LogP contribution < -0.4 is 4.74 Å². The molecule has 1 aliphatic heterocycles. The fourth-order valence-electron chi connectivity index (χ4n) is 3.47. The van der Waals surface area contributed by atoms with Crippen LogP contribution in [0.4, 0.5) is 0 Å². The van der Waals surface area contributed by atoms with Crippen molar-refractivity contribution in [3.8, 4) is 5.75 Å². The van der Waals surface area contributed by atoms with Crippen LogP contribution in [0.5, 0.6) is 5.75 Å². The van der Waals surface area contributed by atoms with Gasteiger partial charge in [-0.1, -0.05) is 47.8 Å². The van der Waals surface area contributed by atoms with Gasteiger partial charge in [0.1, 0.15) is 11.9 Å². The summed E-state index contributed by atoms with van der Waals surface area (Å²) >= 11 is 3.94. The van der Waals surface area contributed by atoms with Gasteiger partial charge in [-0.25, -0.2) is 0 Å². The zero-order valence-corrected chi connectivity index (χ0v) is 12.7. The maximum absolute atomic E-state index is 5.77. The summed E-state index contributed by atoms with van der Waals surface area (Å²) in [6.45, 7) is 4.54. The number of rotatable bonds is 2. The van der Waals surface area contributed by atoms with Gasteiger partial charge in [0.2, 0.25) is 0 Å². The number of hydrogen-bond donors (Lipinski definition) is 0. The Morgan fingerprint density at radius 3 is 2.83 bits per heavy atom. The van der Waals surface area contributed by atoms with Crippen molar-refractivity contribution >= 4 is 15.9 Å². The summed E-state index contributed by atoms with van der Waals surface area (Å²) in [4.78, 5) is 0.510. The summed E-state index contributed by atoms with van der Waals surface area (Å²) in [5.74, 6) is 2.73. The Balaban J connectivity index is 1.82. The molecule has 0 spiro atoms. The molecule has 0 N–H and O–H groups in total. The van der Waals surface area contributed by atoms with E-state index in [-0.39, 0.29) is 0 Å². The van der Waals surface area contributed by atoms with Crippen molar-refractivity contribution in [1.29, 1.82) is 0 Å². The molecule has 3 rings (SSSR count). The van der Waals surface area contributed by atoms with Crippen LogP contribution in [-0.2, 0) is 6.42 Å². The summed E-state index contributed by atoms with van der Waals surface area (Å²) in [7, 11) is 0. The predicted molar refractivity (Wildman–Crippen MR) is 78.4 cm³/mol. The lowest BCUT2D eigenvalue weighted by atomic mass is 9.90. The van der Waals surface area contributed by atoms with Crippen LogP contribution in [-0.4, -0.2) is 6.10 Å². The van der Waals surface area contributed by atoms with Crippen LogP contribution in [0.25, 0.3) is 0 Å². The predicted octanol–water partition coefficient (Wildman–Crippen LogP) is 4.88. The van der Waals surface area contributed by atoms with Crippen molar-refractivity contribution in [3.05, 3.63) is 29.3 Å². The molecule has 1 aromatic carbocycles. The van der Waals surface area contributed by atoms with E-state index in [1.165, 1.54) is 30.4 Å². The van der Waals surface area contributed by atoms with Gasteiger partial charge in [0, 0.05) is 11.2 Å². The lowest BCUT2D eigenvalue weighted by Gasteiger charge is -2.22. The largest absolute Gasteiger partial charge is 0.490 e. The molecule has 1 aliphatic carbocycles. The van der Waals surface area contributed by atoms with Crippen molar-refractivity contribution in [2.24, 2.45) is 11.8 Å². The van der Waals surface area contributed by atoms with E-state index in [1.807, 2.05) is 0 Å². The quantitative estimate of drug-likeness (QED) is 0.707. The summed E-state index contributed by atoms with van der Waals surface area (Å²) in [6, 6.07) is 6.74. The van der Waals surface area contributed by atoms with Gasteiger partial charge in [-0.15, -0.1) is 0 Å². The first-order valence-corrected chi connectivity index (χ1v) is 8.00. The summed E-state index contributed by atoms with van der Waals surface area (Å²) in [5, 5.41) is 0. The van der Waals surface area contributed by atoms with E-state index in [9.17, 15) is 0 Å². The second-order valence-corrected chi connectivity index (χ2v) is 6.96. The Morgan fingerprint density at radius 1 is 1.28 bits per heavy atom. The fourth-order valence-corrected chi connectivity index (χ4v) is 4.54. The third kappa shape index (κ3) is 2.20. The van der Waals surface area contributed by atoms with E-state index in [4.69, 9.17) is 4.74 Å². The molecule has 0 saturated heterocycles. The monoisotopic (exact) mass is 308 g/mol. The van der Waals surface area contributed by atoms with Gasteiger partial charge >= 0.3 is 0 Å². The first-order chi connectivity index (χ1) is 8.65. The minimum Gasteiger partial charge on any atom is -0.490 e. The summed E-state index contributed by atoms with van der Waals surface area (Å²) in [6.07, 6.45) is 5.54. The molecule has 0 amide bonds. The number of benzene rings is 1. The van der Waals surface area contributed by atoms with Gasteiger partial charge in [0.05, 0.1) is 0 Å². The van der Waals surface area contributed by atoms with Gasteiger partial charge in [-0.2, -0.15) is 0 Å². The van der Waals surface area contributed by atoms with Crippen molar-refractivity contribution < 1.29 is 4.74 Å². The van der Waals surface area contributed by atoms with E-state index >= 15 is 0 Å². The molecule has 0 radical (unpaired) electrons. The second-order valence-electron chi connectivity index (χ2n) is 5.97.